The maximum absolute atomic E-state index is 13.9. The second kappa shape index (κ2) is 11.5. The van der Waals surface area contributed by atoms with Gasteiger partial charge in [-0.05, 0) is 54.5 Å². The van der Waals surface area contributed by atoms with Crippen LogP contribution in [0.2, 0.25) is 0 Å². The number of carbonyl (C=O) groups is 2. The molecule has 0 spiro atoms. The number of hydrogen-bond acceptors (Lipinski definition) is 6. The molecule has 2 aromatic carbocycles. The molecule has 206 valence electrons. The molecule has 0 bridgehead atoms. The van der Waals surface area contributed by atoms with E-state index in [1.165, 1.54) is 0 Å². The molecule has 4 heterocycles. The van der Waals surface area contributed by atoms with Gasteiger partial charge in [-0.15, -0.1) is 23.1 Å². The van der Waals surface area contributed by atoms with E-state index < -0.39 is 0 Å². The van der Waals surface area contributed by atoms with Gasteiger partial charge in [0.25, 0.3) is 0 Å². The van der Waals surface area contributed by atoms with Gasteiger partial charge in [0, 0.05) is 29.1 Å². The third-order valence-corrected chi connectivity index (χ3v) is 10.0. The van der Waals surface area contributed by atoms with Crippen molar-refractivity contribution in [3.05, 3.63) is 82.6 Å². The van der Waals surface area contributed by atoms with E-state index in [0.29, 0.717) is 11.7 Å². The number of rotatable bonds is 6. The number of ether oxygens (including phenoxy) is 1. The average molecular weight is 573 g/mol. The third-order valence-electron chi connectivity index (χ3n) is 7.68. The van der Waals surface area contributed by atoms with Gasteiger partial charge in [-0.1, -0.05) is 43.3 Å². The van der Waals surface area contributed by atoms with Crippen LogP contribution in [0.1, 0.15) is 35.5 Å². The highest BCUT2D eigenvalue weighted by atomic mass is 32.2. The van der Waals surface area contributed by atoms with Crippen molar-refractivity contribution in [3.63, 3.8) is 0 Å². The van der Waals surface area contributed by atoms with Crippen LogP contribution in [0.5, 0.6) is 5.75 Å². The Labute approximate surface area is 242 Å². The second-order valence-electron chi connectivity index (χ2n) is 10.3. The Balaban J connectivity index is 1.54. The molecular weight excluding hydrogens is 541 g/mol. The molecule has 2 aliphatic rings. The van der Waals surface area contributed by atoms with E-state index in [1.54, 1.807) is 35.1 Å². The molecule has 1 fully saturated rings. The third kappa shape index (κ3) is 5.15. The zero-order chi connectivity index (χ0) is 27.6. The predicted molar refractivity (Wildman–Crippen MR) is 162 cm³/mol. The Morgan fingerprint density at radius 2 is 1.77 bits per heavy atom. The van der Waals surface area contributed by atoms with Gasteiger partial charge in [0.1, 0.15) is 18.1 Å². The largest absolute Gasteiger partial charge is 0.497 e. The van der Waals surface area contributed by atoms with Crippen molar-refractivity contribution in [2.75, 3.05) is 37.4 Å². The smallest absolute Gasteiger partial charge is 0.242 e. The lowest BCUT2D eigenvalue weighted by Crippen LogP contribution is -2.46. The van der Waals surface area contributed by atoms with Crippen LogP contribution in [0.3, 0.4) is 0 Å². The predicted octanol–water partition coefficient (Wildman–Crippen LogP) is 6.04. The minimum Gasteiger partial charge on any atom is -0.497 e. The zero-order valence-corrected chi connectivity index (χ0v) is 24.3. The first kappa shape index (κ1) is 26.7. The monoisotopic (exact) mass is 572 g/mol. The molecule has 0 aliphatic carbocycles. The lowest BCUT2D eigenvalue weighted by atomic mass is 9.99. The molecular formula is C31H32N4O3S2. The fraction of sp³-hybridized carbons (Fsp3) is 0.323. The van der Waals surface area contributed by atoms with E-state index in [-0.39, 0.29) is 29.4 Å². The first-order valence-corrected chi connectivity index (χ1v) is 15.5. The summed E-state index contributed by atoms with van der Waals surface area (Å²) in [6.45, 7) is 3.68. The summed E-state index contributed by atoms with van der Waals surface area (Å²) >= 11 is 3.28. The highest BCUT2D eigenvalue weighted by Crippen LogP contribution is 2.49. The van der Waals surface area contributed by atoms with Gasteiger partial charge in [0.05, 0.1) is 29.5 Å². The number of anilines is 1. The van der Waals surface area contributed by atoms with Crippen LogP contribution in [0.25, 0.3) is 16.9 Å². The number of thiophene rings is 1. The van der Waals surface area contributed by atoms with Crippen molar-refractivity contribution in [3.8, 4) is 22.7 Å². The van der Waals surface area contributed by atoms with Gasteiger partial charge in [-0.25, -0.2) is 4.68 Å². The Kier molecular flexibility index (Phi) is 7.67. The molecule has 0 N–H and O–H groups in total. The molecule has 6 rings (SSSR count). The number of nitrogens with zero attached hydrogens (tertiary/aromatic N) is 4. The maximum Gasteiger partial charge on any atom is 0.242 e. The van der Waals surface area contributed by atoms with Crippen LogP contribution >= 0.6 is 23.1 Å². The van der Waals surface area contributed by atoms with Crippen molar-refractivity contribution in [1.29, 1.82) is 0 Å². The number of thioether (sulfide) groups is 1. The Bertz CT molecular complexity index is 1480. The number of benzene rings is 2. The van der Waals surface area contributed by atoms with E-state index in [9.17, 15) is 9.59 Å². The van der Waals surface area contributed by atoms with E-state index in [4.69, 9.17) is 9.84 Å². The van der Waals surface area contributed by atoms with E-state index in [2.05, 4.69) is 18.4 Å². The Morgan fingerprint density at radius 1 is 1.02 bits per heavy atom. The number of carbonyl (C=O) groups excluding carboxylic acids is 2. The van der Waals surface area contributed by atoms with Crippen LogP contribution < -0.4 is 9.64 Å². The van der Waals surface area contributed by atoms with Gasteiger partial charge in [-0.2, -0.15) is 5.10 Å². The molecule has 2 aromatic heterocycles. The molecule has 9 heteroatoms. The Morgan fingerprint density at radius 3 is 2.45 bits per heavy atom. The minimum absolute atomic E-state index is 0.00594. The number of likely N-dealkylation sites (tertiary alicyclic amines) is 1. The molecule has 0 radical (unpaired) electrons. The standard InChI is InChI=1S/C31H32N4O3S2/c1-21-14-16-33(17-15-21)26(36)19-34-27(37)20-40-30(25-9-6-18-39-25)28-29(22-7-4-3-5-8-22)32-35(31(28)34)23-10-12-24(38-2)13-11-23/h3-13,18,21,30H,14-17,19-20H2,1-2H3/t30-/m1/s1. The molecule has 2 aliphatic heterocycles. The molecule has 2 amide bonds. The second-order valence-corrected chi connectivity index (χ2v) is 12.4. The quantitative estimate of drug-likeness (QED) is 0.282. The molecule has 0 saturated carbocycles. The average Bonchev–Trinajstić information content (AvgIpc) is 3.63. The normalized spacial score (nSPS) is 17.9. The van der Waals surface area contributed by atoms with E-state index in [1.807, 2.05) is 70.2 Å². The van der Waals surface area contributed by atoms with Crippen LogP contribution in [0, 0.1) is 5.92 Å². The van der Waals surface area contributed by atoms with Crippen molar-refractivity contribution in [2.24, 2.45) is 5.92 Å². The summed E-state index contributed by atoms with van der Waals surface area (Å²) in [5.41, 5.74) is 3.54. The number of methoxy groups -OCH3 is 1. The van der Waals surface area contributed by atoms with Crippen LogP contribution in [-0.4, -0.2) is 59.0 Å². The molecule has 40 heavy (non-hydrogen) atoms. The minimum atomic E-state index is -0.0999. The summed E-state index contributed by atoms with van der Waals surface area (Å²) in [6.07, 6.45) is 1.98. The fourth-order valence-electron chi connectivity index (χ4n) is 5.39. The van der Waals surface area contributed by atoms with Crippen LogP contribution in [0.15, 0.2) is 72.1 Å². The van der Waals surface area contributed by atoms with Gasteiger partial charge in [-0.3, -0.25) is 14.5 Å². The number of hydrogen-bond donors (Lipinski definition) is 0. The number of amides is 2. The van der Waals surface area contributed by atoms with Crippen molar-refractivity contribution in [1.82, 2.24) is 14.7 Å². The highest BCUT2D eigenvalue weighted by molar-refractivity contribution is 8.00. The molecule has 1 atom stereocenters. The molecule has 7 nitrogen and oxygen atoms in total. The van der Waals surface area contributed by atoms with E-state index >= 15 is 0 Å². The number of aromatic nitrogens is 2. The summed E-state index contributed by atoms with van der Waals surface area (Å²) in [6, 6.07) is 21.9. The van der Waals surface area contributed by atoms with Crippen LogP contribution in [0.4, 0.5) is 5.82 Å². The lowest BCUT2D eigenvalue weighted by molar-refractivity contribution is -0.132. The first-order valence-electron chi connectivity index (χ1n) is 13.6. The van der Waals surface area contributed by atoms with E-state index in [0.717, 1.165) is 59.1 Å². The van der Waals surface area contributed by atoms with Crippen molar-refractivity contribution >= 4 is 40.7 Å². The molecule has 1 saturated heterocycles. The summed E-state index contributed by atoms with van der Waals surface area (Å²) in [5.74, 6) is 2.19. The highest BCUT2D eigenvalue weighted by Gasteiger charge is 2.38. The maximum atomic E-state index is 13.9. The summed E-state index contributed by atoms with van der Waals surface area (Å²) in [5, 5.41) is 7.12. The van der Waals surface area contributed by atoms with Crippen molar-refractivity contribution in [2.45, 2.75) is 25.0 Å². The summed E-state index contributed by atoms with van der Waals surface area (Å²) in [4.78, 5) is 32.3. The molecule has 4 aromatic rings. The first-order chi connectivity index (χ1) is 19.5. The Hall–Kier alpha value is -3.56. The topological polar surface area (TPSA) is 67.7 Å². The van der Waals surface area contributed by atoms with Gasteiger partial charge in [0.15, 0.2) is 0 Å². The molecule has 0 unspecified atom stereocenters. The summed E-state index contributed by atoms with van der Waals surface area (Å²) in [7, 11) is 1.64. The van der Waals surface area contributed by atoms with Gasteiger partial charge >= 0.3 is 0 Å². The zero-order valence-electron chi connectivity index (χ0n) is 22.7. The van der Waals surface area contributed by atoms with Crippen molar-refractivity contribution < 1.29 is 14.3 Å². The SMILES string of the molecule is COc1ccc(-n2nc(-c3ccccc3)c3c2N(CC(=O)N2CCC(C)CC2)C(=O)CS[C@@H]3c2cccs2)cc1. The van der Waals surface area contributed by atoms with Gasteiger partial charge < -0.3 is 9.64 Å². The number of piperidine rings is 1. The van der Waals surface area contributed by atoms with Crippen LogP contribution in [-0.2, 0) is 9.59 Å². The van der Waals surface area contributed by atoms with Gasteiger partial charge in [0.2, 0.25) is 11.8 Å². The lowest BCUT2D eigenvalue weighted by Gasteiger charge is -2.32. The fourth-order valence-corrected chi connectivity index (χ4v) is 7.57. The number of fused-ring (bicyclic) bond motifs is 1. The summed E-state index contributed by atoms with van der Waals surface area (Å²) < 4.78 is 7.24.